The summed E-state index contributed by atoms with van der Waals surface area (Å²) in [5, 5.41) is 6.51. The Morgan fingerprint density at radius 2 is 0.463 bits per heavy atom. The first-order valence-electron chi connectivity index (χ1n) is 32.3. The fraction of sp³-hybridized carbons (Fsp3) is 0. The van der Waals surface area contributed by atoms with Gasteiger partial charge >= 0.3 is 0 Å². The van der Waals surface area contributed by atoms with E-state index >= 15 is 0 Å². The molecule has 18 rings (SSSR count). The lowest BCUT2D eigenvalue weighted by Gasteiger charge is -2.28. The molecule has 0 saturated carbocycles. The molecule has 18 aromatic rings. The molecule has 0 spiro atoms. The number of benzene rings is 15. The SMILES string of the molecule is c1ccc(-c2ccc(-c3ccc(N(c4ccccc4)c4ccc(-c5cccc6c5oc5ccc(-c7ccc8oc9c(-c%10ccc(N(c%11ccc(-c%12cccc%13c%12oc%12ccccc%12%13)cc%11)c%11ccccc%11-c%11ccccc%11)cc%10)cccc9c8c7)cc56)cc4)cc3)cc2)cc1. The summed E-state index contributed by atoms with van der Waals surface area (Å²) in [7, 11) is 0. The first kappa shape index (κ1) is 55.2. The third kappa shape index (κ3) is 9.90. The Morgan fingerprint density at radius 1 is 0.168 bits per heavy atom. The number of anilines is 6. The Labute approximate surface area is 549 Å². The topological polar surface area (TPSA) is 45.9 Å². The highest BCUT2D eigenvalue weighted by molar-refractivity contribution is 6.13. The van der Waals surface area contributed by atoms with Crippen LogP contribution in [0.15, 0.2) is 365 Å². The molecule has 0 saturated heterocycles. The van der Waals surface area contributed by atoms with Crippen LogP contribution >= 0.6 is 0 Å². The highest BCUT2D eigenvalue weighted by Gasteiger charge is 2.22. The third-order valence-corrected chi connectivity index (χ3v) is 18.7. The maximum Gasteiger partial charge on any atom is 0.143 e. The van der Waals surface area contributed by atoms with Gasteiger partial charge in [0.1, 0.15) is 33.5 Å². The van der Waals surface area contributed by atoms with Gasteiger partial charge in [-0.25, -0.2) is 0 Å². The molecule has 3 aromatic heterocycles. The molecule has 0 aliphatic heterocycles. The van der Waals surface area contributed by atoms with E-state index in [2.05, 4.69) is 350 Å². The average molecular weight is 1220 g/mol. The van der Waals surface area contributed by atoms with Crippen LogP contribution in [-0.4, -0.2) is 0 Å². The molecule has 95 heavy (non-hydrogen) atoms. The summed E-state index contributed by atoms with van der Waals surface area (Å²) < 4.78 is 20.1. The van der Waals surface area contributed by atoms with Crippen molar-refractivity contribution in [2.75, 3.05) is 9.80 Å². The fourth-order valence-corrected chi connectivity index (χ4v) is 14.0. The molecule has 0 atom stereocenters. The molecular formula is C90H58N2O3. The molecule has 0 radical (unpaired) electrons. The van der Waals surface area contributed by atoms with Crippen LogP contribution in [0.4, 0.5) is 34.1 Å². The Balaban J connectivity index is 0.636. The summed E-state index contributed by atoms with van der Waals surface area (Å²) in [5.74, 6) is 0. The minimum absolute atomic E-state index is 0.841. The van der Waals surface area contributed by atoms with Crippen LogP contribution in [0, 0.1) is 0 Å². The van der Waals surface area contributed by atoms with Gasteiger partial charge < -0.3 is 23.1 Å². The van der Waals surface area contributed by atoms with Crippen molar-refractivity contribution in [3.05, 3.63) is 352 Å². The van der Waals surface area contributed by atoms with Crippen LogP contribution in [0.5, 0.6) is 0 Å². The fourth-order valence-electron chi connectivity index (χ4n) is 14.0. The molecule has 446 valence electrons. The van der Waals surface area contributed by atoms with Crippen molar-refractivity contribution in [1.29, 1.82) is 0 Å². The van der Waals surface area contributed by atoms with Gasteiger partial charge in [-0.1, -0.05) is 255 Å². The highest BCUT2D eigenvalue weighted by Crippen LogP contribution is 2.46. The minimum Gasteiger partial charge on any atom is -0.455 e. The zero-order valence-corrected chi connectivity index (χ0v) is 51.6. The van der Waals surface area contributed by atoms with Crippen molar-refractivity contribution in [3.8, 4) is 77.9 Å². The van der Waals surface area contributed by atoms with Crippen molar-refractivity contribution in [1.82, 2.24) is 0 Å². The van der Waals surface area contributed by atoms with Gasteiger partial charge in [0.15, 0.2) is 0 Å². The van der Waals surface area contributed by atoms with Gasteiger partial charge in [0.25, 0.3) is 0 Å². The summed E-state index contributed by atoms with van der Waals surface area (Å²) in [6.07, 6.45) is 0. The van der Waals surface area contributed by atoms with Gasteiger partial charge in [-0.2, -0.15) is 0 Å². The van der Waals surface area contributed by atoms with Gasteiger partial charge in [-0.05, 0) is 153 Å². The molecule has 5 heteroatoms. The maximum atomic E-state index is 6.84. The average Bonchev–Trinajstić information content (AvgIpc) is 1.74. The third-order valence-electron chi connectivity index (χ3n) is 18.7. The number of furan rings is 3. The summed E-state index contributed by atoms with van der Waals surface area (Å²) in [4.78, 5) is 4.67. The summed E-state index contributed by atoms with van der Waals surface area (Å²) in [6.45, 7) is 0. The second kappa shape index (κ2) is 23.2. The first-order valence-corrected chi connectivity index (χ1v) is 32.3. The van der Waals surface area contributed by atoms with Crippen LogP contribution in [0.2, 0.25) is 0 Å². The Hall–Kier alpha value is -12.7. The van der Waals surface area contributed by atoms with Crippen LogP contribution in [0.3, 0.4) is 0 Å². The lowest BCUT2D eigenvalue weighted by molar-refractivity contribution is 0.669. The summed E-state index contributed by atoms with van der Waals surface area (Å²) >= 11 is 0. The van der Waals surface area contributed by atoms with Crippen LogP contribution < -0.4 is 9.80 Å². The van der Waals surface area contributed by atoms with Gasteiger partial charge in [-0.3, -0.25) is 0 Å². The smallest absolute Gasteiger partial charge is 0.143 e. The molecule has 3 heterocycles. The number of para-hydroxylation sites is 6. The van der Waals surface area contributed by atoms with E-state index in [1.165, 1.54) is 22.3 Å². The maximum absolute atomic E-state index is 6.84. The number of hydrogen-bond donors (Lipinski definition) is 0. The Bertz CT molecular complexity index is 5850. The standard InChI is InChI=1S/C90H58N2O3/c1-4-17-59(18-5-1)60-33-35-61(36-34-60)62-37-47-70(48-38-62)91(69-21-8-3-9-22-69)71-49-39-64(40-50-71)76-26-15-29-80-82-57-67(45-55-86(82)94-89(76)80)68-46-56-87-83(58-68)81-30-16-27-77(90(81)95-87)66-43-53-73(54-44-66)92(84-31-12-10-23-74(84)63-19-6-2-7-20-63)72-51-41-65(42-52-72)75-25-14-28-79-78-24-11-13-32-85(78)93-88(75)79/h1-58H. The molecule has 0 aliphatic rings. The van der Waals surface area contributed by atoms with Gasteiger partial charge in [0.05, 0.1) is 5.69 Å². The summed E-state index contributed by atoms with van der Waals surface area (Å²) in [5.41, 5.74) is 27.2. The molecule has 0 unspecified atom stereocenters. The van der Waals surface area contributed by atoms with E-state index in [0.717, 1.165) is 156 Å². The van der Waals surface area contributed by atoms with Crippen molar-refractivity contribution in [3.63, 3.8) is 0 Å². The van der Waals surface area contributed by atoms with Gasteiger partial charge in [0.2, 0.25) is 0 Å². The van der Waals surface area contributed by atoms with E-state index in [9.17, 15) is 0 Å². The molecule has 0 fully saturated rings. The normalized spacial score (nSPS) is 11.6. The zero-order chi connectivity index (χ0) is 62.8. The number of fused-ring (bicyclic) bond motifs is 9. The second-order valence-electron chi connectivity index (χ2n) is 24.3. The van der Waals surface area contributed by atoms with Gasteiger partial charge in [0, 0.05) is 83.0 Å². The van der Waals surface area contributed by atoms with E-state index in [1.807, 2.05) is 12.1 Å². The van der Waals surface area contributed by atoms with Crippen LogP contribution in [0.25, 0.3) is 144 Å². The number of hydrogen-bond acceptors (Lipinski definition) is 5. The predicted octanol–water partition coefficient (Wildman–Crippen LogP) is 26.0. The quantitative estimate of drug-likeness (QED) is 0.115. The second-order valence-corrected chi connectivity index (χ2v) is 24.3. The van der Waals surface area contributed by atoms with Crippen molar-refractivity contribution < 1.29 is 13.3 Å². The number of nitrogens with zero attached hydrogens (tertiary/aromatic N) is 2. The van der Waals surface area contributed by atoms with E-state index in [4.69, 9.17) is 13.3 Å². The first-order chi connectivity index (χ1) is 47.1. The molecule has 0 amide bonds. The van der Waals surface area contributed by atoms with Crippen molar-refractivity contribution >= 4 is 99.9 Å². The monoisotopic (exact) mass is 1210 g/mol. The molecule has 0 bridgehead atoms. The van der Waals surface area contributed by atoms with E-state index in [1.54, 1.807) is 0 Å². The van der Waals surface area contributed by atoms with E-state index in [0.29, 0.717) is 0 Å². The van der Waals surface area contributed by atoms with Crippen LogP contribution in [-0.2, 0) is 0 Å². The lowest BCUT2D eigenvalue weighted by atomic mass is 9.98. The van der Waals surface area contributed by atoms with Gasteiger partial charge in [-0.15, -0.1) is 0 Å². The predicted molar refractivity (Wildman–Crippen MR) is 396 cm³/mol. The van der Waals surface area contributed by atoms with E-state index in [-0.39, 0.29) is 0 Å². The molecule has 5 nitrogen and oxygen atoms in total. The number of rotatable bonds is 13. The zero-order valence-electron chi connectivity index (χ0n) is 51.6. The Kier molecular flexibility index (Phi) is 13.5. The summed E-state index contributed by atoms with van der Waals surface area (Å²) in [6, 6.07) is 125. The van der Waals surface area contributed by atoms with Crippen LogP contribution in [0.1, 0.15) is 0 Å². The largest absolute Gasteiger partial charge is 0.455 e. The van der Waals surface area contributed by atoms with Crippen molar-refractivity contribution in [2.24, 2.45) is 0 Å². The Morgan fingerprint density at radius 3 is 0.937 bits per heavy atom. The molecule has 0 N–H and O–H groups in total. The minimum atomic E-state index is 0.841. The molecular weight excluding hydrogens is 1160 g/mol. The van der Waals surface area contributed by atoms with E-state index < -0.39 is 0 Å². The lowest BCUT2D eigenvalue weighted by Crippen LogP contribution is -2.11. The van der Waals surface area contributed by atoms with Crippen molar-refractivity contribution in [2.45, 2.75) is 0 Å². The highest BCUT2D eigenvalue weighted by atomic mass is 16.3. The molecule has 0 aliphatic carbocycles. The molecule has 15 aromatic carbocycles.